The summed E-state index contributed by atoms with van der Waals surface area (Å²) in [7, 11) is 0. The van der Waals surface area contributed by atoms with Gasteiger partial charge in [-0.25, -0.2) is 0 Å². The van der Waals surface area contributed by atoms with Gasteiger partial charge >= 0.3 is 6.18 Å². The summed E-state index contributed by atoms with van der Waals surface area (Å²) < 4.78 is 37.8. The molecule has 0 unspecified atom stereocenters. The average Bonchev–Trinajstić information content (AvgIpc) is 2.60. The van der Waals surface area contributed by atoms with Gasteiger partial charge in [-0.3, -0.25) is 9.59 Å². The number of anilines is 1. The normalized spacial score (nSPS) is 21.2. The van der Waals surface area contributed by atoms with E-state index in [2.05, 4.69) is 10.6 Å². The van der Waals surface area contributed by atoms with Crippen molar-refractivity contribution in [3.05, 3.63) is 29.8 Å². The van der Waals surface area contributed by atoms with Crippen LogP contribution < -0.4 is 20.4 Å². The third kappa shape index (κ3) is 6.49. The molecule has 2 amide bonds. The molecule has 1 aromatic carbocycles. The van der Waals surface area contributed by atoms with Crippen molar-refractivity contribution in [1.82, 2.24) is 5.32 Å². The molecule has 1 fully saturated rings. The minimum Gasteiger partial charge on any atom is -0.349 e. The zero-order valence-corrected chi connectivity index (χ0v) is 16.5. The Labute approximate surface area is 163 Å². The van der Waals surface area contributed by atoms with E-state index in [9.17, 15) is 22.8 Å². The molecule has 156 valence electrons. The second-order valence-corrected chi connectivity index (χ2v) is 7.59. The van der Waals surface area contributed by atoms with Crippen molar-refractivity contribution in [3.8, 4) is 0 Å². The van der Waals surface area contributed by atoms with Crippen LogP contribution in [0.25, 0.3) is 0 Å². The van der Waals surface area contributed by atoms with E-state index in [1.165, 1.54) is 17.0 Å². The first kappa shape index (κ1) is 22.2. The minimum atomic E-state index is -4.39. The molecule has 1 aromatic rings. The molecule has 0 bridgehead atoms. The van der Waals surface area contributed by atoms with E-state index in [1.807, 2.05) is 20.8 Å². The molecule has 0 spiro atoms. The third-order valence-corrected chi connectivity index (χ3v) is 4.94. The van der Waals surface area contributed by atoms with E-state index in [4.69, 9.17) is 0 Å². The van der Waals surface area contributed by atoms with Crippen LogP contribution in [0.4, 0.5) is 18.9 Å². The van der Waals surface area contributed by atoms with Gasteiger partial charge < -0.3 is 20.4 Å². The second kappa shape index (κ2) is 9.38. The number of alkyl halides is 3. The van der Waals surface area contributed by atoms with Crippen molar-refractivity contribution in [2.45, 2.75) is 39.0 Å². The van der Waals surface area contributed by atoms with E-state index >= 15 is 0 Å². The molecule has 1 aliphatic heterocycles. The molecular weight excluding hydrogens is 373 g/mol. The first-order valence-corrected chi connectivity index (χ1v) is 9.52. The predicted molar refractivity (Wildman–Crippen MR) is 99.1 cm³/mol. The topological polar surface area (TPSA) is 67.1 Å². The van der Waals surface area contributed by atoms with Crippen molar-refractivity contribution >= 4 is 17.5 Å². The van der Waals surface area contributed by atoms with E-state index in [0.717, 1.165) is 43.2 Å². The lowest BCUT2D eigenvalue weighted by atomic mass is 10.1. The number of benzene rings is 1. The van der Waals surface area contributed by atoms with Gasteiger partial charge in [0.15, 0.2) is 12.6 Å². The van der Waals surface area contributed by atoms with E-state index in [1.54, 1.807) is 0 Å². The Hall–Kier alpha value is -2.13. The Morgan fingerprint density at radius 3 is 2.11 bits per heavy atom. The zero-order chi connectivity index (χ0) is 20.9. The van der Waals surface area contributed by atoms with Crippen molar-refractivity contribution in [2.75, 3.05) is 38.0 Å². The number of rotatable bonds is 6. The largest absolute Gasteiger partial charge is 0.416 e. The van der Waals surface area contributed by atoms with Crippen LogP contribution >= 0.6 is 0 Å². The number of carbonyl (C=O) groups is 2. The minimum absolute atomic E-state index is 0.0292. The van der Waals surface area contributed by atoms with Crippen LogP contribution in [0, 0.1) is 0 Å². The van der Waals surface area contributed by atoms with Crippen molar-refractivity contribution in [2.24, 2.45) is 0 Å². The van der Waals surface area contributed by atoms with Crippen LogP contribution in [-0.2, 0) is 15.8 Å². The molecule has 28 heavy (non-hydrogen) atoms. The zero-order valence-electron chi connectivity index (χ0n) is 16.5. The Morgan fingerprint density at radius 1 is 1.04 bits per heavy atom. The molecule has 0 aliphatic carbocycles. The van der Waals surface area contributed by atoms with E-state index in [0.29, 0.717) is 12.2 Å². The highest BCUT2D eigenvalue weighted by Gasteiger charge is 2.32. The van der Waals surface area contributed by atoms with Gasteiger partial charge in [0.2, 0.25) is 0 Å². The van der Waals surface area contributed by atoms with Gasteiger partial charge in [-0.15, -0.1) is 0 Å². The first-order valence-electron chi connectivity index (χ1n) is 9.52. The number of piperazine rings is 1. The summed E-state index contributed by atoms with van der Waals surface area (Å²) in [5, 5.41) is 5.57. The molecule has 1 atom stereocenters. The molecule has 0 saturated carbocycles. The fraction of sp³-hybridized carbons (Fsp3) is 0.579. The maximum atomic E-state index is 12.6. The lowest BCUT2D eigenvalue weighted by molar-refractivity contribution is -1.01. The van der Waals surface area contributed by atoms with Crippen LogP contribution in [0.5, 0.6) is 0 Å². The summed E-state index contributed by atoms with van der Waals surface area (Å²) in [5.74, 6) is -0.197. The maximum Gasteiger partial charge on any atom is 0.416 e. The van der Waals surface area contributed by atoms with Crippen LogP contribution in [-0.4, -0.2) is 56.6 Å². The fourth-order valence-electron chi connectivity index (χ4n) is 3.31. The Kier molecular flexibility index (Phi) is 7.42. The van der Waals surface area contributed by atoms with Crippen LogP contribution in [0.15, 0.2) is 24.3 Å². The van der Waals surface area contributed by atoms with Gasteiger partial charge in [0.25, 0.3) is 11.8 Å². The third-order valence-electron chi connectivity index (χ3n) is 4.94. The van der Waals surface area contributed by atoms with E-state index in [-0.39, 0.29) is 23.9 Å². The molecule has 0 aromatic heterocycles. The molecular formula is C19H29F3N4O2+2. The predicted octanol–water partition coefficient (Wildman–Crippen LogP) is -0.660. The van der Waals surface area contributed by atoms with Gasteiger partial charge in [0.05, 0.1) is 5.56 Å². The lowest BCUT2D eigenvalue weighted by Crippen LogP contribution is -3.30. The molecule has 6 nitrogen and oxygen atoms in total. The van der Waals surface area contributed by atoms with Crippen molar-refractivity contribution in [3.63, 3.8) is 0 Å². The average molecular weight is 402 g/mol. The molecule has 2 rings (SSSR count). The van der Waals surface area contributed by atoms with Crippen molar-refractivity contribution in [1.29, 1.82) is 0 Å². The number of halogens is 3. The monoisotopic (exact) mass is 402 g/mol. The van der Waals surface area contributed by atoms with Crippen LogP contribution in [0.3, 0.4) is 0 Å². The van der Waals surface area contributed by atoms with Gasteiger partial charge in [0, 0.05) is 11.7 Å². The van der Waals surface area contributed by atoms with Crippen molar-refractivity contribution < 1.29 is 32.6 Å². The van der Waals surface area contributed by atoms with Crippen LogP contribution in [0.1, 0.15) is 26.3 Å². The number of hydrogen-bond donors (Lipinski definition) is 4. The molecule has 0 radical (unpaired) electrons. The van der Waals surface area contributed by atoms with Gasteiger partial charge in [0.1, 0.15) is 26.2 Å². The smallest absolute Gasteiger partial charge is 0.349 e. The summed E-state index contributed by atoms with van der Waals surface area (Å²) >= 11 is 0. The number of hydrogen-bond acceptors (Lipinski definition) is 2. The molecule has 9 heteroatoms. The number of nitrogens with one attached hydrogen (secondary N) is 4. The number of amides is 2. The Balaban J connectivity index is 1.82. The fourth-order valence-corrected chi connectivity index (χ4v) is 3.31. The highest BCUT2D eigenvalue weighted by Crippen LogP contribution is 2.29. The van der Waals surface area contributed by atoms with Gasteiger partial charge in [-0.05, 0) is 45.0 Å². The number of quaternary nitrogens is 2. The lowest BCUT2D eigenvalue weighted by Gasteiger charge is -2.32. The number of carbonyl (C=O) groups excluding carboxylic acids is 2. The molecule has 1 aliphatic rings. The summed E-state index contributed by atoms with van der Waals surface area (Å²) in [4.78, 5) is 26.6. The first-order chi connectivity index (χ1) is 13.1. The van der Waals surface area contributed by atoms with Gasteiger partial charge in [-0.2, -0.15) is 13.2 Å². The molecule has 1 saturated heterocycles. The standard InChI is InChI=1S/C19H27F3N4O2/c1-13(2)23-17(27)12-25-8-10-26(11-9-25)14(3)18(28)24-16-6-4-15(5-7-16)19(20,21)22/h4-7,13-14H,8-12H2,1-3H3,(H,23,27)(H,24,28)/p+2/t14-/m1/s1. The summed E-state index contributed by atoms with van der Waals surface area (Å²) in [6.07, 6.45) is -4.39. The molecule has 1 heterocycles. The quantitative estimate of drug-likeness (QED) is 0.511. The Morgan fingerprint density at radius 2 is 1.61 bits per heavy atom. The SMILES string of the molecule is CC(C)NC(=O)C[NH+]1CC[NH+]([C@H](C)C(=O)Nc2ccc(C(F)(F)F)cc2)CC1. The highest BCUT2D eigenvalue weighted by atomic mass is 19.4. The van der Waals surface area contributed by atoms with E-state index < -0.39 is 11.7 Å². The summed E-state index contributed by atoms with van der Waals surface area (Å²) in [6, 6.07) is 4.23. The summed E-state index contributed by atoms with van der Waals surface area (Å²) in [6.45, 7) is 9.18. The van der Waals surface area contributed by atoms with Gasteiger partial charge in [-0.1, -0.05) is 0 Å². The molecule has 4 N–H and O–H groups in total. The van der Waals surface area contributed by atoms with Crippen LogP contribution in [0.2, 0.25) is 0 Å². The second-order valence-electron chi connectivity index (χ2n) is 7.59. The highest BCUT2D eigenvalue weighted by molar-refractivity contribution is 5.93. The maximum absolute atomic E-state index is 12.6. The Bertz CT molecular complexity index is 669. The summed E-state index contributed by atoms with van der Waals surface area (Å²) in [5.41, 5.74) is -0.399.